The van der Waals surface area contributed by atoms with Gasteiger partial charge in [-0.2, -0.15) is 0 Å². The summed E-state index contributed by atoms with van der Waals surface area (Å²) in [5.74, 6) is 0. The van der Waals surface area contributed by atoms with Crippen LogP contribution in [-0.2, 0) is 0 Å². The predicted molar refractivity (Wildman–Crippen MR) is 56.5 cm³/mol. The van der Waals surface area contributed by atoms with Crippen molar-refractivity contribution in [1.29, 1.82) is 0 Å². The van der Waals surface area contributed by atoms with Gasteiger partial charge in [0.05, 0.1) is 0 Å². The number of rotatable bonds is 7. The molecule has 0 heterocycles. The summed E-state index contributed by atoms with van der Waals surface area (Å²) in [6.45, 7) is 6.87. The van der Waals surface area contributed by atoms with Crippen LogP contribution in [0.4, 0.5) is 0 Å². The summed E-state index contributed by atoms with van der Waals surface area (Å²) in [5, 5.41) is 3.45. The summed E-state index contributed by atoms with van der Waals surface area (Å²) in [5.41, 5.74) is 0.395. The third kappa shape index (κ3) is 4.76. The molecule has 0 aromatic heterocycles. The Morgan fingerprint density at radius 3 is 1.67 bits per heavy atom. The summed E-state index contributed by atoms with van der Waals surface area (Å²) in [6.07, 6.45) is 7.95. The van der Waals surface area contributed by atoms with Gasteiger partial charge >= 0.3 is 0 Å². The van der Waals surface area contributed by atoms with Crippen molar-refractivity contribution in [3.8, 4) is 0 Å². The molecule has 0 rings (SSSR count). The van der Waals surface area contributed by atoms with E-state index in [4.69, 9.17) is 0 Å². The van der Waals surface area contributed by atoms with Crippen LogP contribution in [0.1, 0.15) is 59.3 Å². The maximum absolute atomic E-state index is 3.45. The Kier molecular flexibility index (Phi) is 6.45. The van der Waals surface area contributed by atoms with Crippen LogP contribution in [0.25, 0.3) is 0 Å². The fraction of sp³-hybridized carbons (Fsp3) is 1.00. The van der Waals surface area contributed by atoms with Crippen molar-refractivity contribution in [2.75, 3.05) is 7.05 Å². The van der Waals surface area contributed by atoms with Crippen molar-refractivity contribution in [3.63, 3.8) is 0 Å². The van der Waals surface area contributed by atoms with Crippen LogP contribution in [0.5, 0.6) is 0 Å². The summed E-state index contributed by atoms with van der Waals surface area (Å²) >= 11 is 0. The molecular weight excluding hydrogens is 146 g/mol. The highest BCUT2D eigenvalue weighted by atomic mass is 14.9. The van der Waals surface area contributed by atoms with Crippen molar-refractivity contribution < 1.29 is 0 Å². The minimum absolute atomic E-state index is 0.395. The Bertz CT molecular complexity index is 91.2. The highest BCUT2D eigenvalue weighted by Gasteiger charge is 2.19. The molecule has 0 saturated carbocycles. The molecule has 0 saturated heterocycles. The van der Waals surface area contributed by atoms with E-state index >= 15 is 0 Å². The topological polar surface area (TPSA) is 12.0 Å². The van der Waals surface area contributed by atoms with Crippen LogP contribution in [0, 0.1) is 0 Å². The summed E-state index contributed by atoms with van der Waals surface area (Å²) in [4.78, 5) is 0. The van der Waals surface area contributed by atoms with Crippen LogP contribution in [-0.4, -0.2) is 12.6 Å². The first kappa shape index (κ1) is 12.0. The second-order valence-electron chi connectivity index (χ2n) is 4.02. The lowest BCUT2D eigenvalue weighted by Crippen LogP contribution is -2.39. The van der Waals surface area contributed by atoms with Gasteiger partial charge in [0.1, 0.15) is 0 Å². The zero-order chi connectivity index (χ0) is 9.45. The van der Waals surface area contributed by atoms with Gasteiger partial charge in [-0.15, -0.1) is 0 Å². The Morgan fingerprint density at radius 2 is 1.42 bits per heavy atom. The Hall–Kier alpha value is -0.0400. The van der Waals surface area contributed by atoms with Gasteiger partial charge in [-0.3, -0.25) is 0 Å². The van der Waals surface area contributed by atoms with Crippen molar-refractivity contribution >= 4 is 0 Å². The molecule has 1 heteroatoms. The highest BCUT2D eigenvalue weighted by Crippen LogP contribution is 2.20. The summed E-state index contributed by atoms with van der Waals surface area (Å²) < 4.78 is 0. The van der Waals surface area contributed by atoms with Crippen LogP contribution >= 0.6 is 0 Å². The van der Waals surface area contributed by atoms with Crippen molar-refractivity contribution in [2.24, 2.45) is 0 Å². The lowest BCUT2D eigenvalue weighted by Gasteiger charge is -2.29. The fourth-order valence-electron chi connectivity index (χ4n) is 1.51. The SMILES string of the molecule is CCCCC(C)(CCCC)NC. The summed E-state index contributed by atoms with van der Waals surface area (Å²) in [7, 11) is 2.09. The maximum Gasteiger partial charge on any atom is 0.0150 e. The molecule has 74 valence electrons. The first-order valence-corrected chi connectivity index (χ1v) is 5.37. The van der Waals surface area contributed by atoms with Gasteiger partial charge in [0.15, 0.2) is 0 Å². The van der Waals surface area contributed by atoms with Gasteiger partial charge in [0.25, 0.3) is 0 Å². The molecule has 0 unspecified atom stereocenters. The van der Waals surface area contributed by atoms with E-state index in [1.165, 1.54) is 38.5 Å². The standard InChI is InChI=1S/C11H25N/c1-5-7-9-11(3,12-4)10-8-6-2/h12H,5-10H2,1-4H3. The van der Waals surface area contributed by atoms with E-state index < -0.39 is 0 Å². The molecule has 0 aliphatic carbocycles. The molecule has 0 radical (unpaired) electrons. The molecule has 0 amide bonds. The second-order valence-corrected chi connectivity index (χ2v) is 4.02. The first-order chi connectivity index (χ1) is 5.68. The average Bonchev–Trinajstić information content (AvgIpc) is 2.11. The molecular formula is C11H25N. The van der Waals surface area contributed by atoms with E-state index in [1.807, 2.05) is 0 Å². The minimum atomic E-state index is 0.395. The van der Waals surface area contributed by atoms with Crippen molar-refractivity contribution in [2.45, 2.75) is 64.8 Å². The largest absolute Gasteiger partial charge is 0.315 e. The predicted octanol–water partition coefficient (Wildman–Crippen LogP) is 3.34. The Labute approximate surface area is 77.9 Å². The van der Waals surface area contributed by atoms with Crippen LogP contribution in [0.15, 0.2) is 0 Å². The van der Waals surface area contributed by atoms with Crippen LogP contribution < -0.4 is 5.32 Å². The zero-order valence-corrected chi connectivity index (χ0v) is 9.24. The monoisotopic (exact) mass is 171 g/mol. The molecule has 0 fully saturated rings. The van der Waals surface area contributed by atoms with Gasteiger partial charge in [-0.1, -0.05) is 39.5 Å². The van der Waals surface area contributed by atoms with Gasteiger partial charge < -0.3 is 5.32 Å². The lowest BCUT2D eigenvalue weighted by atomic mass is 9.89. The number of nitrogens with one attached hydrogen (secondary N) is 1. The third-order valence-corrected chi connectivity index (χ3v) is 2.77. The first-order valence-electron chi connectivity index (χ1n) is 5.37. The van der Waals surface area contributed by atoms with E-state index in [9.17, 15) is 0 Å². The summed E-state index contributed by atoms with van der Waals surface area (Å²) in [6, 6.07) is 0. The zero-order valence-electron chi connectivity index (χ0n) is 9.24. The number of hydrogen-bond donors (Lipinski definition) is 1. The number of hydrogen-bond acceptors (Lipinski definition) is 1. The van der Waals surface area contributed by atoms with Crippen LogP contribution in [0.2, 0.25) is 0 Å². The molecule has 12 heavy (non-hydrogen) atoms. The molecule has 0 aliphatic rings. The average molecular weight is 171 g/mol. The maximum atomic E-state index is 3.45. The van der Waals surface area contributed by atoms with E-state index in [0.717, 1.165) is 0 Å². The van der Waals surface area contributed by atoms with E-state index in [-0.39, 0.29) is 0 Å². The van der Waals surface area contributed by atoms with Crippen molar-refractivity contribution in [3.05, 3.63) is 0 Å². The molecule has 0 bridgehead atoms. The third-order valence-electron chi connectivity index (χ3n) is 2.77. The second kappa shape index (κ2) is 6.47. The molecule has 1 N–H and O–H groups in total. The molecule has 0 atom stereocenters. The van der Waals surface area contributed by atoms with Gasteiger partial charge in [0.2, 0.25) is 0 Å². The van der Waals surface area contributed by atoms with Crippen LogP contribution in [0.3, 0.4) is 0 Å². The molecule has 0 aliphatic heterocycles. The molecule has 1 nitrogen and oxygen atoms in total. The fourth-order valence-corrected chi connectivity index (χ4v) is 1.51. The highest BCUT2D eigenvalue weighted by molar-refractivity contribution is 4.80. The normalized spacial score (nSPS) is 12.0. The van der Waals surface area contributed by atoms with Gasteiger partial charge in [-0.05, 0) is 26.8 Å². The minimum Gasteiger partial charge on any atom is -0.315 e. The lowest BCUT2D eigenvalue weighted by molar-refractivity contribution is 0.314. The smallest absolute Gasteiger partial charge is 0.0150 e. The van der Waals surface area contributed by atoms with E-state index in [1.54, 1.807) is 0 Å². The van der Waals surface area contributed by atoms with E-state index in [2.05, 4.69) is 33.1 Å². The van der Waals surface area contributed by atoms with Crippen molar-refractivity contribution in [1.82, 2.24) is 5.32 Å². The molecule has 0 aromatic rings. The molecule has 0 spiro atoms. The Morgan fingerprint density at radius 1 is 1.00 bits per heavy atom. The van der Waals surface area contributed by atoms with E-state index in [0.29, 0.717) is 5.54 Å². The quantitative estimate of drug-likeness (QED) is 0.619. The number of unbranched alkanes of at least 4 members (excludes halogenated alkanes) is 2. The van der Waals surface area contributed by atoms with Gasteiger partial charge in [-0.25, -0.2) is 0 Å². The molecule has 0 aromatic carbocycles. The Balaban J connectivity index is 3.70. The van der Waals surface area contributed by atoms with Gasteiger partial charge in [0, 0.05) is 5.54 Å².